The van der Waals surface area contributed by atoms with Gasteiger partial charge in [0.05, 0.1) is 20.1 Å². The molecule has 0 saturated carbocycles. The third kappa shape index (κ3) is 6.05. The molecule has 8 nitrogen and oxygen atoms in total. The number of nitrogens with zero attached hydrogens (tertiary/aromatic N) is 4. The first-order valence-corrected chi connectivity index (χ1v) is 11.9. The van der Waals surface area contributed by atoms with E-state index in [9.17, 15) is 4.79 Å². The lowest BCUT2D eigenvalue weighted by Gasteiger charge is -2.09. The van der Waals surface area contributed by atoms with Gasteiger partial charge < -0.3 is 14.8 Å². The molecular weight excluding hydrogens is 450 g/mol. The first-order chi connectivity index (χ1) is 16.5. The van der Waals surface area contributed by atoms with Crippen molar-refractivity contribution in [3.63, 3.8) is 0 Å². The van der Waals surface area contributed by atoms with Crippen LogP contribution in [0.2, 0.25) is 0 Å². The molecule has 0 aliphatic heterocycles. The molecule has 0 radical (unpaired) electrons. The molecule has 176 valence electrons. The normalized spacial score (nSPS) is 11.1. The third-order valence-electron chi connectivity index (χ3n) is 4.92. The lowest BCUT2D eigenvalue weighted by atomic mass is 10.1. The summed E-state index contributed by atoms with van der Waals surface area (Å²) in [4.78, 5) is 13.5. The minimum atomic E-state index is -0.0446. The van der Waals surface area contributed by atoms with Crippen molar-refractivity contribution in [3.8, 4) is 23.0 Å². The molecule has 9 heteroatoms. The largest absolute Gasteiger partial charge is 0.497 e. The highest BCUT2D eigenvalue weighted by atomic mass is 32.2. The Balaban J connectivity index is 1.29. The van der Waals surface area contributed by atoms with E-state index in [0.717, 1.165) is 16.9 Å². The van der Waals surface area contributed by atoms with Crippen LogP contribution in [0.3, 0.4) is 0 Å². The van der Waals surface area contributed by atoms with Crippen LogP contribution in [0.5, 0.6) is 11.6 Å². The van der Waals surface area contributed by atoms with Crippen molar-refractivity contribution < 1.29 is 14.3 Å². The number of amides is 1. The van der Waals surface area contributed by atoms with Crippen LogP contribution in [-0.2, 0) is 11.2 Å². The summed E-state index contributed by atoms with van der Waals surface area (Å²) in [6, 6.07) is 19.2. The lowest BCUT2D eigenvalue weighted by molar-refractivity contribution is -0.120. The van der Waals surface area contributed by atoms with E-state index in [2.05, 4.69) is 46.6 Å². The van der Waals surface area contributed by atoms with Crippen LogP contribution in [0, 0.1) is 0 Å². The molecule has 0 unspecified atom stereocenters. The van der Waals surface area contributed by atoms with E-state index in [4.69, 9.17) is 9.47 Å². The zero-order chi connectivity index (χ0) is 23.9. The molecule has 4 rings (SSSR count). The minimum absolute atomic E-state index is 0.0446. The smallest absolute Gasteiger partial charge is 0.231 e. The summed E-state index contributed by atoms with van der Waals surface area (Å²) in [6.07, 6.45) is 0.336. The summed E-state index contributed by atoms with van der Waals surface area (Å²) < 4.78 is 12.6. The van der Waals surface area contributed by atoms with Gasteiger partial charge in [-0.05, 0) is 48.0 Å². The number of thioether (sulfide) groups is 1. The van der Waals surface area contributed by atoms with Gasteiger partial charge in [-0.25, -0.2) is 0 Å². The van der Waals surface area contributed by atoms with Crippen molar-refractivity contribution >= 4 is 23.3 Å². The number of carbonyl (C=O) groups excluding carboxylic acids is 1. The first-order valence-electron chi connectivity index (χ1n) is 11.0. The summed E-state index contributed by atoms with van der Waals surface area (Å²) in [6.45, 7) is 5.00. The fourth-order valence-corrected chi connectivity index (χ4v) is 4.16. The molecule has 0 aliphatic carbocycles. The van der Waals surface area contributed by atoms with Gasteiger partial charge in [-0.1, -0.05) is 26.0 Å². The Bertz CT molecular complexity index is 1240. The maximum Gasteiger partial charge on any atom is 0.231 e. The topological polar surface area (TPSA) is 90.6 Å². The number of methoxy groups -OCH3 is 1. The molecular formula is C25H27N5O3S. The summed E-state index contributed by atoms with van der Waals surface area (Å²) in [7, 11) is 1.62. The molecule has 2 aromatic heterocycles. The molecule has 1 N–H and O–H groups in total. The van der Waals surface area contributed by atoms with Crippen LogP contribution in [-0.4, -0.2) is 51.2 Å². The Morgan fingerprint density at radius 3 is 2.50 bits per heavy atom. The summed E-state index contributed by atoms with van der Waals surface area (Å²) in [5.74, 6) is 1.75. The van der Waals surface area contributed by atoms with E-state index in [1.54, 1.807) is 35.5 Å². The predicted molar refractivity (Wildman–Crippen MR) is 132 cm³/mol. The van der Waals surface area contributed by atoms with Gasteiger partial charge in [-0.15, -0.1) is 27.1 Å². The molecule has 2 aromatic carbocycles. The standard InChI is InChI=1S/C25H27N5O3S/c1-17(2)34-21-10-4-18(5-11-21)16-23(31)26-14-15-33-24-13-12-22-27-28-25(30(22)29-24)19-6-8-20(32-3)9-7-19/h4-13,17H,14-16H2,1-3H3,(H,26,31). The minimum Gasteiger partial charge on any atom is -0.497 e. The number of hydrogen-bond acceptors (Lipinski definition) is 7. The summed E-state index contributed by atoms with van der Waals surface area (Å²) in [5.41, 5.74) is 2.46. The molecule has 4 aromatic rings. The number of fused-ring (bicyclic) bond motifs is 1. The number of rotatable bonds is 10. The highest BCUT2D eigenvalue weighted by Crippen LogP contribution is 2.23. The highest BCUT2D eigenvalue weighted by Gasteiger charge is 2.11. The molecule has 0 atom stereocenters. The molecule has 0 bridgehead atoms. The number of nitrogens with one attached hydrogen (secondary N) is 1. The highest BCUT2D eigenvalue weighted by molar-refractivity contribution is 7.99. The van der Waals surface area contributed by atoms with Gasteiger partial charge in [-0.3, -0.25) is 4.79 Å². The Morgan fingerprint density at radius 2 is 1.79 bits per heavy atom. The quantitative estimate of drug-likeness (QED) is 0.272. The molecule has 0 spiro atoms. The van der Waals surface area contributed by atoms with Crippen molar-refractivity contribution in [3.05, 3.63) is 66.2 Å². The number of hydrogen-bond donors (Lipinski definition) is 1. The second kappa shape index (κ2) is 11.0. The molecule has 0 aliphatic rings. The van der Waals surface area contributed by atoms with Gasteiger partial charge in [-0.2, -0.15) is 4.52 Å². The second-order valence-electron chi connectivity index (χ2n) is 7.88. The maximum atomic E-state index is 12.3. The maximum absolute atomic E-state index is 12.3. The molecule has 0 saturated heterocycles. The van der Waals surface area contributed by atoms with E-state index >= 15 is 0 Å². The van der Waals surface area contributed by atoms with Crippen LogP contribution in [0.1, 0.15) is 19.4 Å². The van der Waals surface area contributed by atoms with Crippen molar-refractivity contribution in [2.75, 3.05) is 20.3 Å². The Morgan fingerprint density at radius 1 is 1.03 bits per heavy atom. The van der Waals surface area contributed by atoms with Crippen molar-refractivity contribution in [2.24, 2.45) is 0 Å². The Hall–Kier alpha value is -3.59. The zero-order valence-corrected chi connectivity index (χ0v) is 20.2. The predicted octanol–water partition coefficient (Wildman–Crippen LogP) is 4.04. The first kappa shape index (κ1) is 23.6. The monoisotopic (exact) mass is 477 g/mol. The number of ether oxygens (including phenoxy) is 2. The van der Waals surface area contributed by atoms with Gasteiger partial charge in [0, 0.05) is 21.8 Å². The van der Waals surface area contributed by atoms with E-state index in [1.165, 1.54) is 4.90 Å². The third-order valence-corrected chi connectivity index (χ3v) is 5.94. The average molecular weight is 478 g/mol. The van der Waals surface area contributed by atoms with Crippen LogP contribution < -0.4 is 14.8 Å². The lowest BCUT2D eigenvalue weighted by Crippen LogP contribution is -2.29. The number of carbonyl (C=O) groups is 1. The van der Waals surface area contributed by atoms with Crippen LogP contribution in [0.25, 0.3) is 17.0 Å². The number of benzene rings is 2. The Kier molecular flexibility index (Phi) is 7.64. The number of aromatic nitrogens is 4. The van der Waals surface area contributed by atoms with Gasteiger partial charge in [0.1, 0.15) is 12.4 Å². The zero-order valence-electron chi connectivity index (χ0n) is 19.4. The fourth-order valence-electron chi connectivity index (χ4n) is 3.32. The van der Waals surface area contributed by atoms with Crippen molar-refractivity contribution in [1.82, 2.24) is 25.1 Å². The van der Waals surface area contributed by atoms with Gasteiger partial charge in [0.2, 0.25) is 11.8 Å². The fraction of sp³-hybridized carbons (Fsp3) is 0.280. The summed E-state index contributed by atoms with van der Waals surface area (Å²) >= 11 is 1.81. The van der Waals surface area contributed by atoms with Crippen molar-refractivity contribution in [2.45, 2.75) is 30.4 Å². The van der Waals surface area contributed by atoms with E-state index < -0.39 is 0 Å². The van der Waals surface area contributed by atoms with E-state index in [1.807, 2.05) is 36.4 Å². The average Bonchev–Trinajstić information content (AvgIpc) is 3.26. The van der Waals surface area contributed by atoms with E-state index in [0.29, 0.717) is 42.2 Å². The van der Waals surface area contributed by atoms with E-state index in [-0.39, 0.29) is 5.91 Å². The Labute approximate surface area is 202 Å². The van der Waals surface area contributed by atoms with Crippen LogP contribution in [0.4, 0.5) is 0 Å². The summed E-state index contributed by atoms with van der Waals surface area (Å²) in [5, 5.41) is 16.3. The molecule has 0 fully saturated rings. The van der Waals surface area contributed by atoms with Gasteiger partial charge in [0.15, 0.2) is 11.5 Å². The van der Waals surface area contributed by atoms with Crippen LogP contribution >= 0.6 is 11.8 Å². The molecule has 2 heterocycles. The van der Waals surface area contributed by atoms with Gasteiger partial charge >= 0.3 is 0 Å². The molecule has 34 heavy (non-hydrogen) atoms. The van der Waals surface area contributed by atoms with Gasteiger partial charge in [0.25, 0.3) is 0 Å². The SMILES string of the molecule is COc1ccc(-c2nnc3ccc(OCCNC(=O)Cc4ccc(SC(C)C)cc4)nn23)cc1. The second-order valence-corrected chi connectivity index (χ2v) is 9.53. The van der Waals surface area contributed by atoms with Crippen molar-refractivity contribution in [1.29, 1.82) is 0 Å². The van der Waals surface area contributed by atoms with Crippen LogP contribution in [0.15, 0.2) is 65.6 Å². The molecule has 1 amide bonds.